The molecule has 2 aromatic heterocycles. The summed E-state index contributed by atoms with van der Waals surface area (Å²) in [6.45, 7) is 0. The van der Waals surface area contributed by atoms with Crippen molar-refractivity contribution in [2.45, 2.75) is 31.7 Å². The molecule has 0 aliphatic heterocycles. The van der Waals surface area contributed by atoms with Crippen LogP contribution in [0.2, 0.25) is 0 Å². The van der Waals surface area contributed by atoms with Gasteiger partial charge < -0.3 is 10.3 Å². The van der Waals surface area contributed by atoms with E-state index in [1.165, 1.54) is 25.7 Å². The highest BCUT2D eigenvalue weighted by Crippen LogP contribution is 2.31. The fraction of sp³-hybridized carbons (Fsp3) is 0.455. The zero-order valence-corrected chi connectivity index (χ0v) is 8.97. The molecule has 0 radical (unpaired) electrons. The van der Waals surface area contributed by atoms with E-state index >= 15 is 0 Å². The number of nitrogens with two attached hydrogens (primary N) is 1. The smallest absolute Gasteiger partial charge is 0.254 e. The second-order valence-corrected chi connectivity index (χ2v) is 4.33. The maximum absolute atomic E-state index is 11.3. The van der Waals surface area contributed by atoms with Crippen LogP contribution in [0.15, 0.2) is 18.6 Å². The van der Waals surface area contributed by atoms with E-state index in [2.05, 4.69) is 9.67 Å². The predicted octanol–water partition coefficient (Wildman–Crippen LogP) is 1.35. The SMILES string of the molecule is NC(=O)c1cnn2ccn(C3CCCC3)c12. The summed E-state index contributed by atoms with van der Waals surface area (Å²) in [5.41, 5.74) is 6.69. The predicted molar refractivity (Wildman–Crippen MR) is 59.2 cm³/mol. The van der Waals surface area contributed by atoms with Crippen molar-refractivity contribution < 1.29 is 4.79 Å². The Labute approximate surface area is 92.8 Å². The Morgan fingerprint density at radius 2 is 2.12 bits per heavy atom. The lowest BCUT2D eigenvalue weighted by atomic mass is 10.2. The van der Waals surface area contributed by atoms with Gasteiger partial charge in [0.15, 0.2) is 0 Å². The molecule has 1 saturated carbocycles. The van der Waals surface area contributed by atoms with Crippen molar-refractivity contribution in [2.75, 3.05) is 0 Å². The van der Waals surface area contributed by atoms with Gasteiger partial charge in [0.25, 0.3) is 5.91 Å². The minimum Gasteiger partial charge on any atom is -0.365 e. The lowest BCUT2D eigenvalue weighted by Crippen LogP contribution is -2.13. The van der Waals surface area contributed by atoms with Gasteiger partial charge in [0.1, 0.15) is 11.2 Å². The Morgan fingerprint density at radius 1 is 1.38 bits per heavy atom. The zero-order chi connectivity index (χ0) is 11.1. The summed E-state index contributed by atoms with van der Waals surface area (Å²) >= 11 is 0. The number of primary amides is 1. The first-order valence-electron chi connectivity index (χ1n) is 5.61. The molecular formula is C11H14N4O. The van der Waals surface area contributed by atoms with Gasteiger partial charge in [-0.1, -0.05) is 12.8 Å². The lowest BCUT2D eigenvalue weighted by molar-refractivity contribution is 0.100. The summed E-state index contributed by atoms with van der Waals surface area (Å²) in [5, 5.41) is 4.13. The molecule has 0 aromatic carbocycles. The second-order valence-electron chi connectivity index (χ2n) is 4.33. The molecule has 0 atom stereocenters. The third-order valence-corrected chi connectivity index (χ3v) is 3.37. The largest absolute Gasteiger partial charge is 0.365 e. The van der Waals surface area contributed by atoms with Crippen LogP contribution >= 0.6 is 0 Å². The normalized spacial score (nSPS) is 17.2. The molecule has 5 nitrogen and oxygen atoms in total. The molecule has 2 heterocycles. The minimum absolute atomic E-state index is 0.409. The van der Waals surface area contributed by atoms with Crippen molar-refractivity contribution in [1.29, 1.82) is 0 Å². The number of carbonyl (C=O) groups is 1. The summed E-state index contributed by atoms with van der Waals surface area (Å²) in [5.74, 6) is -0.409. The molecule has 5 heteroatoms. The molecule has 2 N–H and O–H groups in total. The van der Waals surface area contributed by atoms with Gasteiger partial charge in [0.2, 0.25) is 0 Å². The number of imidazole rings is 1. The van der Waals surface area contributed by atoms with Crippen LogP contribution in [0.25, 0.3) is 5.65 Å². The highest BCUT2D eigenvalue weighted by Gasteiger charge is 2.21. The Morgan fingerprint density at radius 3 is 2.81 bits per heavy atom. The van der Waals surface area contributed by atoms with Gasteiger partial charge in [-0.3, -0.25) is 4.79 Å². The molecule has 3 rings (SSSR count). The summed E-state index contributed by atoms with van der Waals surface area (Å²) in [7, 11) is 0. The lowest BCUT2D eigenvalue weighted by Gasteiger charge is -2.12. The monoisotopic (exact) mass is 218 g/mol. The molecule has 1 aliphatic rings. The van der Waals surface area contributed by atoms with E-state index in [0.717, 1.165) is 5.65 Å². The van der Waals surface area contributed by atoms with Gasteiger partial charge in [0, 0.05) is 18.4 Å². The number of rotatable bonds is 2. The molecular weight excluding hydrogens is 204 g/mol. The fourth-order valence-corrected chi connectivity index (χ4v) is 2.58. The zero-order valence-electron chi connectivity index (χ0n) is 8.97. The van der Waals surface area contributed by atoms with E-state index in [1.54, 1.807) is 10.7 Å². The van der Waals surface area contributed by atoms with Crippen molar-refractivity contribution in [2.24, 2.45) is 5.73 Å². The molecule has 16 heavy (non-hydrogen) atoms. The number of nitrogens with zero attached hydrogens (tertiary/aromatic N) is 3. The van der Waals surface area contributed by atoms with Gasteiger partial charge >= 0.3 is 0 Å². The van der Waals surface area contributed by atoms with Crippen molar-refractivity contribution in [1.82, 2.24) is 14.2 Å². The molecule has 1 aliphatic carbocycles. The molecule has 0 spiro atoms. The first-order chi connectivity index (χ1) is 7.77. The average Bonchev–Trinajstić information content (AvgIpc) is 2.93. The molecule has 0 saturated heterocycles. The first-order valence-corrected chi connectivity index (χ1v) is 5.61. The Bertz CT molecular complexity index is 533. The van der Waals surface area contributed by atoms with Gasteiger partial charge in [0.05, 0.1) is 6.20 Å². The number of hydrogen-bond acceptors (Lipinski definition) is 2. The van der Waals surface area contributed by atoms with E-state index in [0.29, 0.717) is 11.6 Å². The maximum Gasteiger partial charge on any atom is 0.254 e. The van der Waals surface area contributed by atoms with Crippen molar-refractivity contribution in [3.8, 4) is 0 Å². The van der Waals surface area contributed by atoms with Crippen LogP contribution in [0.4, 0.5) is 0 Å². The van der Waals surface area contributed by atoms with E-state index in [9.17, 15) is 4.79 Å². The Kier molecular flexibility index (Phi) is 1.99. The van der Waals surface area contributed by atoms with Crippen LogP contribution in [0, 0.1) is 0 Å². The van der Waals surface area contributed by atoms with E-state index in [1.807, 2.05) is 12.4 Å². The van der Waals surface area contributed by atoms with Gasteiger partial charge in [-0.25, -0.2) is 4.52 Å². The van der Waals surface area contributed by atoms with Gasteiger partial charge in [-0.05, 0) is 12.8 Å². The fourth-order valence-electron chi connectivity index (χ4n) is 2.58. The average molecular weight is 218 g/mol. The number of hydrogen-bond donors (Lipinski definition) is 1. The standard InChI is InChI=1S/C11H14N4O/c12-10(16)9-7-13-15-6-5-14(11(9)15)8-3-1-2-4-8/h5-8H,1-4H2,(H2,12,16). The van der Waals surface area contributed by atoms with Crippen molar-refractivity contribution >= 4 is 11.6 Å². The molecule has 84 valence electrons. The Balaban J connectivity index is 2.16. The number of fused-ring (bicyclic) bond motifs is 1. The van der Waals surface area contributed by atoms with Crippen LogP contribution in [-0.4, -0.2) is 20.1 Å². The van der Waals surface area contributed by atoms with Crippen molar-refractivity contribution in [3.63, 3.8) is 0 Å². The van der Waals surface area contributed by atoms with E-state index < -0.39 is 5.91 Å². The van der Waals surface area contributed by atoms with Crippen molar-refractivity contribution in [3.05, 3.63) is 24.2 Å². The molecule has 1 amide bonds. The van der Waals surface area contributed by atoms with Crippen LogP contribution in [-0.2, 0) is 0 Å². The molecule has 0 bridgehead atoms. The van der Waals surface area contributed by atoms with E-state index in [-0.39, 0.29) is 0 Å². The third-order valence-electron chi connectivity index (χ3n) is 3.37. The Hall–Kier alpha value is -1.78. The highest BCUT2D eigenvalue weighted by molar-refractivity contribution is 5.98. The topological polar surface area (TPSA) is 65.3 Å². The third kappa shape index (κ3) is 1.24. The summed E-state index contributed by atoms with van der Waals surface area (Å²) in [6.07, 6.45) is 10.3. The summed E-state index contributed by atoms with van der Waals surface area (Å²) in [4.78, 5) is 11.3. The molecule has 0 unspecified atom stereocenters. The number of carbonyl (C=O) groups excluding carboxylic acids is 1. The second kappa shape index (κ2) is 3.37. The number of amides is 1. The van der Waals surface area contributed by atoms with E-state index in [4.69, 9.17) is 5.73 Å². The van der Waals surface area contributed by atoms with Crippen LogP contribution < -0.4 is 5.73 Å². The minimum atomic E-state index is -0.409. The molecule has 2 aromatic rings. The summed E-state index contributed by atoms with van der Waals surface area (Å²) in [6, 6.07) is 0.493. The highest BCUT2D eigenvalue weighted by atomic mass is 16.1. The first kappa shape index (κ1) is 9.45. The van der Waals surface area contributed by atoms with Crippen LogP contribution in [0.3, 0.4) is 0 Å². The quantitative estimate of drug-likeness (QED) is 0.826. The van der Waals surface area contributed by atoms with Gasteiger partial charge in [-0.15, -0.1) is 0 Å². The maximum atomic E-state index is 11.3. The van der Waals surface area contributed by atoms with Crippen LogP contribution in [0.1, 0.15) is 42.1 Å². The molecule has 1 fully saturated rings. The van der Waals surface area contributed by atoms with Gasteiger partial charge in [-0.2, -0.15) is 5.10 Å². The summed E-state index contributed by atoms with van der Waals surface area (Å²) < 4.78 is 3.86. The van der Waals surface area contributed by atoms with Crippen LogP contribution in [0.5, 0.6) is 0 Å². The number of aromatic nitrogens is 3.